The van der Waals surface area contributed by atoms with Crippen LogP contribution in [0.3, 0.4) is 0 Å². The lowest BCUT2D eigenvalue weighted by Gasteiger charge is -2.49. The number of aliphatic hydroxyl groups excluding tert-OH is 11. The van der Waals surface area contributed by atoms with Gasteiger partial charge in [-0.05, 0) is 6.92 Å². The molecule has 11 unspecified atom stereocenters. The van der Waals surface area contributed by atoms with Gasteiger partial charge >= 0.3 is 0 Å². The standard InChI is InChI=1S/C27H45NO19/c1-7-14(33)15(34)9(3-29)24(40-7)47-23-19(38)16(35)10(4-30)43-27(23)46-22-17(36)11(5-31)42-26(20(22)39)45-21-12(6-32)44-25-13(18(21)37)28-8(2)41-25/h7,9-27,29-39H,3-6H2,1-2H3/t7?,9?,10?,11?,12?,13?,14-,15?,16-,17-,18?,19?,20?,21-,22?,23+,24-,25+,26+,27-/m1/s1. The molecule has 0 spiro atoms. The van der Waals surface area contributed by atoms with Crippen LogP contribution in [0.4, 0.5) is 0 Å². The van der Waals surface area contributed by atoms with Crippen LogP contribution in [-0.2, 0) is 37.9 Å². The first-order valence-electron chi connectivity index (χ1n) is 15.3. The number of aliphatic imine (C=N–C) groups is 1. The molecule has 11 N–H and O–H groups in total. The normalized spacial score (nSPS) is 52.1. The number of rotatable bonds is 10. The van der Waals surface area contributed by atoms with Crippen molar-refractivity contribution in [3.05, 3.63) is 0 Å². The van der Waals surface area contributed by atoms with Crippen LogP contribution in [0.25, 0.3) is 0 Å². The Morgan fingerprint density at radius 2 is 1.15 bits per heavy atom. The fourth-order valence-electron chi connectivity index (χ4n) is 6.38. The summed E-state index contributed by atoms with van der Waals surface area (Å²) in [5, 5.41) is 115. The molecule has 4 fully saturated rings. The Hall–Kier alpha value is -1.25. The van der Waals surface area contributed by atoms with Gasteiger partial charge in [0, 0.05) is 6.92 Å². The molecule has 0 aliphatic carbocycles. The fourth-order valence-corrected chi connectivity index (χ4v) is 6.38. The number of hydrogen-bond acceptors (Lipinski definition) is 20. The highest BCUT2D eigenvalue weighted by Crippen LogP contribution is 2.36. The molecule has 0 saturated carbocycles. The summed E-state index contributed by atoms with van der Waals surface area (Å²) in [5.74, 6) is -1.01. The summed E-state index contributed by atoms with van der Waals surface area (Å²) in [5.41, 5.74) is 0. The van der Waals surface area contributed by atoms with E-state index < -0.39 is 149 Å². The quantitative estimate of drug-likeness (QED) is 0.102. The van der Waals surface area contributed by atoms with E-state index in [9.17, 15) is 56.2 Å². The molecule has 5 heterocycles. The minimum absolute atomic E-state index is 0.226. The molecule has 20 nitrogen and oxygen atoms in total. The van der Waals surface area contributed by atoms with E-state index >= 15 is 0 Å². The molecule has 5 rings (SSSR count). The second-order valence-corrected chi connectivity index (χ2v) is 12.2. The first-order chi connectivity index (χ1) is 22.3. The van der Waals surface area contributed by atoms with Crippen molar-refractivity contribution in [3.63, 3.8) is 0 Å². The zero-order valence-corrected chi connectivity index (χ0v) is 25.5. The lowest BCUT2D eigenvalue weighted by molar-refractivity contribution is -0.391. The van der Waals surface area contributed by atoms with Crippen molar-refractivity contribution in [3.8, 4) is 0 Å². The summed E-state index contributed by atoms with van der Waals surface area (Å²) in [6.45, 7) is -0.0525. The Morgan fingerprint density at radius 3 is 1.79 bits per heavy atom. The van der Waals surface area contributed by atoms with Crippen molar-refractivity contribution < 1.29 is 94.1 Å². The van der Waals surface area contributed by atoms with Gasteiger partial charge in [0.05, 0.1) is 44.6 Å². The van der Waals surface area contributed by atoms with Gasteiger partial charge in [0.25, 0.3) is 0 Å². The van der Waals surface area contributed by atoms with Gasteiger partial charge in [-0.1, -0.05) is 0 Å². The van der Waals surface area contributed by atoms with E-state index in [4.69, 9.17) is 37.9 Å². The van der Waals surface area contributed by atoms with Crippen LogP contribution in [0.5, 0.6) is 0 Å². The lowest BCUT2D eigenvalue weighted by Crippen LogP contribution is -2.67. The van der Waals surface area contributed by atoms with Gasteiger partial charge in [0.15, 0.2) is 24.8 Å². The van der Waals surface area contributed by atoms with Gasteiger partial charge in [-0.25, -0.2) is 4.99 Å². The Balaban J connectivity index is 1.38. The van der Waals surface area contributed by atoms with Gasteiger partial charge in [0.1, 0.15) is 79.3 Å². The number of aliphatic hydroxyl groups is 11. The molecular formula is C27H45NO19. The maximum Gasteiger partial charge on any atom is 0.227 e. The topological polar surface area (TPSA) is 309 Å². The number of fused-ring (bicyclic) bond motifs is 1. The van der Waals surface area contributed by atoms with E-state index in [1.807, 2.05) is 0 Å². The molecular weight excluding hydrogens is 642 g/mol. The number of nitrogens with zero attached hydrogens (tertiary/aromatic N) is 1. The minimum atomic E-state index is -1.92. The Labute approximate surface area is 268 Å². The summed E-state index contributed by atoms with van der Waals surface area (Å²) in [6.07, 6.45) is -27.7. The molecule has 0 amide bonds. The zero-order chi connectivity index (χ0) is 34.3. The van der Waals surface area contributed by atoms with Crippen LogP contribution in [0.1, 0.15) is 13.8 Å². The van der Waals surface area contributed by atoms with E-state index in [0.29, 0.717) is 0 Å². The van der Waals surface area contributed by atoms with Gasteiger partial charge in [-0.15, -0.1) is 0 Å². The average Bonchev–Trinajstić information content (AvgIpc) is 3.43. The summed E-state index contributed by atoms with van der Waals surface area (Å²) in [4.78, 5) is 4.17. The summed E-state index contributed by atoms with van der Waals surface area (Å²) < 4.78 is 45.5. The molecule has 0 radical (unpaired) electrons. The molecule has 20 heteroatoms. The third-order valence-electron chi connectivity index (χ3n) is 9.14. The maximum absolute atomic E-state index is 11.3. The highest BCUT2D eigenvalue weighted by molar-refractivity contribution is 5.75. The molecule has 4 saturated heterocycles. The summed E-state index contributed by atoms with van der Waals surface area (Å²) >= 11 is 0. The van der Waals surface area contributed by atoms with Crippen molar-refractivity contribution in [2.24, 2.45) is 10.9 Å². The van der Waals surface area contributed by atoms with E-state index in [1.165, 1.54) is 6.92 Å². The van der Waals surface area contributed by atoms with Crippen LogP contribution < -0.4 is 0 Å². The van der Waals surface area contributed by atoms with Crippen molar-refractivity contribution in [1.82, 2.24) is 0 Å². The van der Waals surface area contributed by atoms with Crippen LogP contribution in [0.15, 0.2) is 4.99 Å². The van der Waals surface area contributed by atoms with Crippen LogP contribution in [0, 0.1) is 5.92 Å². The van der Waals surface area contributed by atoms with Gasteiger partial charge < -0.3 is 94.1 Å². The second kappa shape index (κ2) is 15.3. The van der Waals surface area contributed by atoms with Crippen LogP contribution in [0.2, 0.25) is 0 Å². The predicted molar refractivity (Wildman–Crippen MR) is 147 cm³/mol. The first kappa shape index (κ1) is 37.0. The average molecular weight is 688 g/mol. The van der Waals surface area contributed by atoms with Crippen molar-refractivity contribution >= 4 is 5.90 Å². The predicted octanol–water partition coefficient (Wildman–Crippen LogP) is -7.01. The second-order valence-electron chi connectivity index (χ2n) is 12.2. The zero-order valence-electron chi connectivity index (χ0n) is 25.5. The van der Waals surface area contributed by atoms with Crippen LogP contribution in [-0.4, -0.2) is 205 Å². The molecule has 0 aromatic carbocycles. The third-order valence-corrected chi connectivity index (χ3v) is 9.14. The monoisotopic (exact) mass is 687 g/mol. The number of ether oxygens (including phenoxy) is 8. The SMILES string of the molecule is CC1=NC2C(O)[C@H](O[C@@H]3OC(CO)[C@@H](O)C(O[C@H]4OC(CO)[C@@H](O)C(O)[C@@H]4O[C@H]4OC(C)[C@@H](O)C(O)C4CO)C3O)C(CO)O[C@@H]2O1. The minimum Gasteiger partial charge on any atom is -0.450 e. The van der Waals surface area contributed by atoms with E-state index in [1.54, 1.807) is 6.92 Å². The molecule has 5 aliphatic heterocycles. The molecule has 20 atom stereocenters. The smallest absolute Gasteiger partial charge is 0.227 e. The molecule has 47 heavy (non-hydrogen) atoms. The maximum atomic E-state index is 11.3. The Bertz CT molecular complexity index is 1060. The van der Waals surface area contributed by atoms with E-state index in [-0.39, 0.29) is 5.90 Å². The Kier molecular flexibility index (Phi) is 12.1. The van der Waals surface area contributed by atoms with E-state index in [2.05, 4.69) is 4.99 Å². The summed E-state index contributed by atoms with van der Waals surface area (Å²) in [6, 6.07) is -0.946. The Morgan fingerprint density at radius 1 is 0.553 bits per heavy atom. The third kappa shape index (κ3) is 7.18. The van der Waals surface area contributed by atoms with Crippen molar-refractivity contribution in [2.75, 3.05) is 26.4 Å². The largest absolute Gasteiger partial charge is 0.450 e. The molecule has 0 aromatic rings. The molecule has 0 bridgehead atoms. The van der Waals surface area contributed by atoms with Gasteiger partial charge in [-0.2, -0.15) is 0 Å². The molecule has 0 aromatic heterocycles. The van der Waals surface area contributed by atoms with Crippen molar-refractivity contribution in [2.45, 2.75) is 131 Å². The number of hydrogen-bond donors (Lipinski definition) is 11. The van der Waals surface area contributed by atoms with Gasteiger partial charge in [0.2, 0.25) is 6.29 Å². The first-order valence-corrected chi connectivity index (χ1v) is 15.3. The lowest BCUT2D eigenvalue weighted by atomic mass is 9.91. The van der Waals surface area contributed by atoms with Crippen molar-refractivity contribution in [1.29, 1.82) is 0 Å². The summed E-state index contributed by atoms with van der Waals surface area (Å²) in [7, 11) is 0. The molecule has 272 valence electrons. The highest BCUT2D eigenvalue weighted by Gasteiger charge is 2.56. The van der Waals surface area contributed by atoms with Gasteiger partial charge in [-0.3, -0.25) is 0 Å². The molecule has 5 aliphatic rings. The highest BCUT2D eigenvalue weighted by atomic mass is 16.8. The van der Waals surface area contributed by atoms with E-state index in [0.717, 1.165) is 0 Å². The fraction of sp³-hybridized carbons (Fsp3) is 0.963. The van der Waals surface area contributed by atoms with Crippen LogP contribution >= 0.6 is 0 Å².